The third-order valence-electron chi connectivity index (χ3n) is 2.80. The van der Waals surface area contributed by atoms with E-state index in [-0.39, 0.29) is 0 Å². The minimum Gasteiger partial charge on any atom is -0.480 e. The molecular weight excluding hydrogens is 250 g/mol. The van der Waals surface area contributed by atoms with Crippen LogP contribution < -0.4 is 5.32 Å². The van der Waals surface area contributed by atoms with E-state index in [0.717, 1.165) is 16.9 Å². The van der Waals surface area contributed by atoms with Crippen LogP contribution in [0.25, 0.3) is 0 Å². The summed E-state index contributed by atoms with van der Waals surface area (Å²) in [5.41, 5.74) is 2.07. The lowest BCUT2D eigenvalue weighted by atomic mass is 10.1. The molecule has 1 atom stereocenters. The fraction of sp³-hybridized carbons (Fsp3) is 0.308. The van der Waals surface area contributed by atoms with Crippen molar-refractivity contribution in [1.29, 1.82) is 0 Å². The van der Waals surface area contributed by atoms with Crippen molar-refractivity contribution in [3.63, 3.8) is 0 Å². The summed E-state index contributed by atoms with van der Waals surface area (Å²) < 4.78 is 5.28. The van der Waals surface area contributed by atoms with E-state index in [0.29, 0.717) is 13.0 Å². The van der Waals surface area contributed by atoms with E-state index in [2.05, 4.69) is 5.32 Å². The van der Waals surface area contributed by atoms with Crippen LogP contribution in [-0.2, 0) is 17.8 Å². The summed E-state index contributed by atoms with van der Waals surface area (Å²) in [5, 5.41) is 16.1. The maximum absolute atomic E-state index is 11.2. The van der Waals surface area contributed by atoms with E-state index in [1.807, 2.05) is 29.8 Å². The second-order valence-corrected chi connectivity index (χ2v) is 4.91. The molecule has 0 radical (unpaired) electrons. The van der Waals surface area contributed by atoms with E-state index in [4.69, 9.17) is 4.42 Å². The predicted molar refractivity (Wildman–Crippen MR) is 69.7 cm³/mol. The average Bonchev–Trinajstić information content (AvgIpc) is 2.96. The zero-order chi connectivity index (χ0) is 13.0. The van der Waals surface area contributed by atoms with Gasteiger partial charge in [0.2, 0.25) is 0 Å². The second kappa shape index (κ2) is 5.84. The molecule has 18 heavy (non-hydrogen) atoms. The third-order valence-corrected chi connectivity index (χ3v) is 3.53. The molecule has 5 heteroatoms. The molecule has 2 rings (SSSR count). The largest absolute Gasteiger partial charge is 0.480 e. The van der Waals surface area contributed by atoms with E-state index in [9.17, 15) is 9.90 Å². The summed E-state index contributed by atoms with van der Waals surface area (Å²) in [6.45, 7) is 2.37. The van der Waals surface area contributed by atoms with Crippen LogP contribution in [0.1, 0.15) is 16.9 Å². The first-order valence-corrected chi connectivity index (χ1v) is 6.61. The summed E-state index contributed by atoms with van der Waals surface area (Å²) >= 11 is 1.57. The molecule has 0 amide bonds. The highest BCUT2D eigenvalue weighted by molar-refractivity contribution is 7.07. The first-order chi connectivity index (χ1) is 8.66. The van der Waals surface area contributed by atoms with Gasteiger partial charge in [-0.2, -0.15) is 11.3 Å². The normalized spacial score (nSPS) is 12.5. The van der Waals surface area contributed by atoms with E-state index in [1.54, 1.807) is 17.6 Å². The molecule has 2 aromatic heterocycles. The zero-order valence-electron chi connectivity index (χ0n) is 10.1. The molecule has 0 fully saturated rings. The monoisotopic (exact) mass is 265 g/mol. The number of carboxylic acid groups (broad SMARTS) is 1. The van der Waals surface area contributed by atoms with Crippen LogP contribution in [0.2, 0.25) is 0 Å². The van der Waals surface area contributed by atoms with Gasteiger partial charge in [0, 0.05) is 0 Å². The Balaban J connectivity index is 1.95. The summed E-state index contributed by atoms with van der Waals surface area (Å²) in [7, 11) is 0. The molecule has 1 unspecified atom stereocenters. The Morgan fingerprint density at radius 2 is 2.39 bits per heavy atom. The molecule has 2 heterocycles. The number of carboxylic acids is 1. The molecule has 0 aliphatic rings. The van der Waals surface area contributed by atoms with Gasteiger partial charge in [0.1, 0.15) is 11.8 Å². The van der Waals surface area contributed by atoms with Gasteiger partial charge in [-0.25, -0.2) is 0 Å². The number of thiophene rings is 1. The van der Waals surface area contributed by atoms with Crippen molar-refractivity contribution in [3.05, 3.63) is 46.0 Å². The number of hydrogen-bond acceptors (Lipinski definition) is 4. The highest BCUT2D eigenvalue weighted by Crippen LogP contribution is 2.11. The highest BCUT2D eigenvalue weighted by Gasteiger charge is 2.18. The maximum atomic E-state index is 11.2. The average molecular weight is 265 g/mol. The molecule has 96 valence electrons. The van der Waals surface area contributed by atoms with Crippen molar-refractivity contribution in [2.24, 2.45) is 0 Å². The van der Waals surface area contributed by atoms with E-state index in [1.165, 1.54) is 0 Å². The van der Waals surface area contributed by atoms with Crippen molar-refractivity contribution < 1.29 is 14.3 Å². The number of nitrogens with one attached hydrogen (secondary N) is 1. The van der Waals surface area contributed by atoms with Crippen molar-refractivity contribution in [2.75, 3.05) is 0 Å². The first kappa shape index (κ1) is 12.9. The predicted octanol–water partition coefficient (Wildman–Crippen LogP) is 2.44. The van der Waals surface area contributed by atoms with Crippen LogP contribution in [0.4, 0.5) is 0 Å². The van der Waals surface area contributed by atoms with Crippen LogP contribution in [-0.4, -0.2) is 17.1 Å². The minimum atomic E-state index is -0.842. The van der Waals surface area contributed by atoms with Crippen LogP contribution in [0.15, 0.2) is 33.6 Å². The van der Waals surface area contributed by atoms with Gasteiger partial charge in [-0.05, 0) is 47.4 Å². The molecule has 0 aromatic carbocycles. The Morgan fingerprint density at radius 1 is 1.56 bits per heavy atom. The molecule has 4 nitrogen and oxygen atoms in total. The van der Waals surface area contributed by atoms with Crippen LogP contribution in [0.3, 0.4) is 0 Å². The fourth-order valence-corrected chi connectivity index (χ4v) is 2.37. The molecule has 0 saturated heterocycles. The van der Waals surface area contributed by atoms with Crippen molar-refractivity contribution in [1.82, 2.24) is 5.32 Å². The summed E-state index contributed by atoms with van der Waals surface area (Å²) in [5.74, 6) is -0.0584. The second-order valence-electron chi connectivity index (χ2n) is 4.13. The Hall–Kier alpha value is -1.59. The Bertz CT molecular complexity index is 504. The van der Waals surface area contributed by atoms with Gasteiger partial charge in [-0.15, -0.1) is 0 Å². The van der Waals surface area contributed by atoms with Crippen molar-refractivity contribution in [2.45, 2.75) is 25.9 Å². The van der Waals surface area contributed by atoms with E-state index >= 15 is 0 Å². The third kappa shape index (κ3) is 3.21. The molecule has 0 aliphatic carbocycles. The lowest BCUT2D eigenvalue weighted by Crippen LogP contribution is -2.38. The van der Waals surface area contributed by atoms with Crippen molar-refractivity contribution in [3.8, 4) is 0 Å². The summed E-state index contributed by atoms with van der Waals surface area (Å²) in [6.07, 6.45) is 2.10. The summed E-state index contributed by atoms with van der Waals surface area (Å²) in [4.78, 5) is 11.2. The van der Waals surface area contributed by atoms with Gasteiger partial charge in [-0.1, -0.05) is 0 Å². The van der Waals surface area contributed by atoms with Crippen molar-refractivity contribution >= 4 is 17.3 Å². The number of carbonyl (C=O) groups is 1. The van der Waals surface area contributed by atoms with Gasteiger partial charge in [0.25, 0.3) is 0 Å². The first-order valence-electron chi connectivity index (χ1n) is 5.67. The molecule has 0 aliphatic heterocycles. The highest BCUT2D eigenvalue weighted by atomic mass is 32.1. The minimum absolute atomic E-state index is 0.430. The van der Waals surface area contributed by atoms with Gasteiger partial charge in [-0.3, -0.25) is 10.1 Å². The smallest absolute Gasteiger partial charge is 0.321 e. The number of aryl methyl sites for hydroxylation is 1. The number of hydrogen-bond donors (Lipinski definition) is 2. The lowest BCUT2D eigenvalue weighted by Gasteiger charge is -2.13. The number of furan rings is 1. The van der Waals surface area contributed by atoms with Crippen LogP contribution in [0, 0.1) is 6.92 Å². The molecule has 0 spiro atoms. The molecule has 0 saturated carbocycles. The number of aliphatic carboxylic acids is 1. The topological polar surface area (TPSA) is 62.5 Å². The van der Waals surface area contributed by atoms with Crippen LogP contribution >= 0.6 is 11.3 Å². The van der Waals surface area contributed by atoms with Gasteiger partial charge in [0.05, 0.1) is 12.8 Å². The molecule has 2 N–H and O–H groups in total. The van der Waals surface area contributed by atoms with Crippen LogP contribution in [0.5, 0.6) is 0 Å². The molecule has 0 bridgehead atoms. The SMILES string of the molecule is Cc1ccoc1CNC(Cc1ccsc1)C(=O)O. The Kier molecular flexibility index (Phi) is 4.17. The van der Waals surface area contributed by atoms with Gasteiger partial charge < -0.3 is 9.52 Å². The summed E-state index contributed by atoms with van der Waals surface area (Å²) in [6, 6.07) is 3.22. The fourth-order valence-electron chi connectivity index (χ4n) is 1.69. The Morgan fingerprint density at radius 3 is 2.94 bits per heavy atom. The molecule has 2 aromatic rings. The van der Waals surface area contributed by atoms with Gasteiger partial charge >= 0.3 is 5.97 Å². The quantitative estimate of drug-likeness (QED) is 0.842. The zero-order valence-corrected chi connectivity index (χ0v) is 10.9. The lowest BCUT2D eigenvalue weighted by molar-refractivity contribution is -0.139. The molecular formula is C13H15NO3S. The number of rotatable bonds is 6. The van der Waals surface area contributed by atoms with E-state index < -0.39 is 12.0 Å². The maximum Gasteiger partial charge on any atom is 0.321 e. The van der Waals surface area contributed by atoms with Gasteiger partial charge in [0.15, 0.2) is 0 Å². The standard InChI is InChI=1S/C13H15NO3S/c1-9-2-4-17-12(9)7-14-11(13(15)16)6-10-3-5-18-8-10/h2-5,8,11,14H,6-7H2,1H3,(H,15,16). The Labute approximate surface area is 109 Å².